The van der Waals surface area contributed by atoms with Gasteiger partial charge in [-0.05, 0) is 80.1 Å². The topological polar surface area (TPSA) is 52.6 Å². The summed E-state index contributed by atoms with van der Waals surface area (Å²) in [5, 5.41) is 0. The molecule has 4 heteroatoms. The molecule has 0 aromatic carbocycles. The Hall–Kier alpha value is -1.32. The largest absolute Gasteiger partial charge is 0.462 e. The molecule has 0 aliphatic heterocycles. The highest BCUT2D eigenvalue weighted by molar-refractivity contribution is 5.66. The molecule has 4 aliphatic rings. The third-order valence-electron chi connectivity index (χ3n) is 8.69. The second-order valence-corrected chi connectivity index (χ2v) is 9.98. The van der Waals surface area contributed by atoms with Crippen LogP contribution in [0.15, 0.2) is 12.2 Å². The van der Waals surface area contributed by atoms with Crippen LogP contribution in [0.4, 0.5) is 0 Å². The lowest BCUT2D eigenvalue weighted by Gasteiger charge is -2.59. The number of allylic oxidation sites excluding steroid dienone is 1. The van der Waals surface area contributed by atoms with Gasteiger partial charge in [0.15, 0.2) is 0 Å². The summed E-state index contributed by atoms with van der Waals surface area (Å²) in [4.78, 5) is 22.9. The predicted octanol–water partition coefficient (Wildman–Crippen LogP) is 4.67. The molecule has 0 radical (unpaired) electrons. The third kappa shape index (κ3) is 3.03. The maximum absolute atomic E-state index is 11.6. The van der Waals surface area contributed by atoms with Crippen LogP contribution in [0.5, 0.6) is 0 Å². The van der Waals surface area contributed by atoms with Gasteiger partial charge in [-0.1, -0.05) is 19.9 Å². The molecule has 27 heavy (non-hydrogen) atoms. The third-order valence-corrected chi connectivity index (χ3v) is 8.69. The minimum absolute atomic E-state index is 0.0502. The van der Waals surface area contributed by atoms with Crippen molar-refractivity contribution in [1.29, 1.82) is 0 Å². The van der Waals surface area contributed by atoms with Crippen LogP contribution in [0.1, 0.15) is 72.6 Å². The van der Waals surface area contributed by atoms with Crippen LogP contribution in [-0.4, -0.2) is 24.1 Å². The lowest BCUT2D eigenvalue weighted by molar-refractivity contribution is -0.159. The Kier molecular flexibility index (Phi) is 4.67. The van der Waals surface area contributed by atoms with Crippen molar-refractivity contribution in [1.82, 2.24) is 0 Å². The standard InChI is InChI=1S/C23H34O4/c1-14(24)26-17-9-11-22(3)16(13-17)5-6-18-19-7-8-21(27-15(2)25)23(19,4)12-10-20(18)22/h9,11,16-21H,5-8,10,12-13H2,1-4H3/t16?,17?,18?,19?,20?,21?,22-,23-/m0/s1. The van der Waals surface area contributed by atoms with Gasteiger partial charge in [0.2, 0.25) is 0 Å². The van der Waals surface area contributed by atoms with Crippen molar-refractivity contribution in [2.24, 2.45) is 34.5 Å². The van der Waals surface area contributed by atoms with E-state index < -0.39 is 0 Å². The summed E-state index contributed by atoms with van der Waals surface area (Å²) < 4.78 is 11.2. The molecule has 4 rings (SSSR count). The van der Waals surface area contributed by atoms with E-state index in [1.54, 1.807) is 6.92 Å². The molecule has 3 fully saturated rings. The van der Waals surface area contributed by atoms with Crippen molar-refractivity contribution in [2.75, 3.05) is 0 Å². The molecule has 4 aliphatic carbocycles. The van der Waals surface area contributed by atoms with Gasteiger partial charge >= 0.3 is 11.9 Å². The van der Waals surface area contributed by atoms with Crippen LogP contribution >= 0.6 is 0 Å². The average Bonchev–Trinajstić information content (AvgIpc) is 2.91. The predicted molar refractivity (Wildman–Crippen MR) is 103 cm³/mol. The van der Waals surface area contributed by atoms with E-state index in [4.69, 9.17) is 9.47 Å². The SMILES string of the molecule is CC(=O)OC1C=C[C@@]2(C)C(CCC3C2CC[C@]2(C)C(OC(C)=O)CCC32)C1. The van der Waals surface area contributed by atoms with Crippen molar-refractivity contribution < 1.29 is 19.1 Å². The van der Waals surface area contributed by atoms with Gasteiger partial charge in [0.25, 0.3) is 0 Å². The number of ether oxygens (including phenoxy) is 2. The molecule has 0 spiro atoms. The number of hydrogen-bond acceptors (Lipinski definition) is 4. The lowest BCUT2D eigenvalue weighted by Crippen LogP contribution is -2.53. The van der Waals surface area contributed by atoms with Gasteiger partial charge in [-0.3, -0.25) is 9.59 Å². The highest BCUT2D eigenvalue weighted by atomic mass is 16.5. The summed E-state index contributed by atoms with van der Waals surface area (Å²) >= 11 is 0. The van der Waals surface area contributed by atoms with Crippen molar-refractivity contribution in [3.8, 4) is 0 Å². The first-order valence-corrected chi connectivity index (χ1v) is 10.8. The number of esters is 2. The smallest absolute Gasteiger partial charge is 0.303 e. The second-order valence-electron chi connectivity index (χ2n) is 9.98. The Labute approximate surface area is 163 Å². The summed E-state index contributed by atoms with van der Waals surface area (Å²) in [6.07, 6.45) is 12.6. The first-order chi connectivity index (χ1) is 12.7. The Bertz CT molecular complexity index is 655. The molecule has 3 saturated carbocycles. The van der Waals surface area contributed by atoms with Gasteiger partial charge in [0, 0.05) is 19.3 Å². The molecule has 0 amide bonds. The van der Waals surface area contributed by atoms with Gasteiger partial charge in [-0.15, -0.1) is 0 Å². The van der Waals surface area contributed by atoms with Crippen LogP contribution in [0.3, 0.4) is 0 Å². The van der Waals surface area contributed by atoms with Crippen molar-refractivity contribution in [3.63, 3.8) is 0 Å². The average molecular weight is 375 g/mol. The molecule has 0 aromatic rings. The number of fused-ring (bicyclic) bond motifs is 5. The first kappa shape index (κ1) is 19.0. The van der Waals surface area contributed by atoms with Crippen molar-refractivity contribution in [3.05, 3.63) is 12.2 Å². The van der Waals surface area contributed by atoms with Gasteiger partial charge in [0.05, 0.1) is 0 Å². The summed E-state index contributed by atoms with van der Waals surface area (Å²) in [6.45, 7) is 7.85. The molecule has 0 N–H and O–H groups in total. The molecule has 6 unspecified atom stereocenters. The summed E-state index contributed by atoms with van der Waals surface area (Å²) in [7, 11) is 0. The molecule has 0 heterocycles. The van der Waals surface area contributed by atoms with Gasteiger partial charge in [0.1, 0.15) is 12.2 Å². The second kappa shape index (κ2) is 6.63. The van der Waals surface area contributed by atoms with E-state index >= 15 is 0 Å². The zero-order chi connectivity index (χ0) is 19.4. The first-order valence-electron chi connectivity index (χ1n) is 10.8. The number of carbonyl (C=O) groups excluding carboxylic acids is 2. The van der Waals surface area contributed by atoms with E-state index in [-0.39, 0.29) is 35.0 Å². The zero-order valence-electron chi connectivity index (χ0n) is 17.2. The van der Waals surface area contributed by atoms with Crippen molar-refractivity contribution >= 4 is 11.9 Å². The number of carbonyl (C=O) groups is 2. The molecular formula is C23H34O4. The Morgan fingerprint density at radius 3 is 2.37 bits per heavy atom. The normalized spacial score (nSPS) is 48.1. The summed E-state index contributed by atoms with van der Waals surface area (Å²) in [6, 6.07) is 0. The molecule has 0 saturated heterocycles. The molecule has 150 valence electrons. The van der Waals surface area contributed by atoms with E-state index in [2.05, 4.69) is 26.0 Å². The van der Waals surface area contributed by atoms with E-state index in [0.717, 1.165) is 25.2 Å². The number of hydrogen-bond donors (Lipinski definition) is 0. The fraction of sp³-hybridized carbons (Fsp3) is 0.826. The van der Waals surface area contributed by atoms with Crippen molar-refractivity contribution in [2.45, 2.75) is 84.8 Å². The lowest BCUT2D eigenvalue weighted by atomic mass is 9.46. The van der Waals surface area contributed by atoms with Crippen LogP contribution in [0, 0.1) is 34.5 Å². The maximum atomic E-state index is 11.6. The van der Waals surface area contributed by atoms with E-state index in [1.807, 2.05) is 0 Å². The minimum Gasteiger partial charge on any atom is -0.462 e. The van der Waals surface area contributed by atoms with Gasteiger partial charge in [-0.25, -0.2) is 0 Å². The van der Waals surface area contributed by atoms with E-state index in [0.29, 0.717) is 17.8 Å². The van der Waals surface area contributed by atoms with Crippen LogP contribution in [0.25, 0.3) is 0 Å². The van der Waals surface area contributed by atoms with Gasteiger partial charge < -0.3 is 9.47 Å². The fourth-order valence-corrected chi connectivity index (χ4v) is 7.42. The molecule has 0 bridgehead atoms. The molecular weight excluding hydrogens is 340 g/mol. The molecule has 0 aromatic heterocycles. The van der Waals surface area contributed by atoms with E-state index in [1.165, 1.54) is 32.6 Å². The fourth-order valence-electron chi connectivity index (χ4n) is 7.42. The zero-order valence-corrected chi connectivity index (χ0v) is 17.2. The van der Waals surface area contributed by atoms with Crippen LogP contribution in [0.2, 0.25) is 0 Å². The molecule has 8 atom stereocenters. The summed E-state index contributed by atoms with van der Waals surface area (Å²) in [5.41, 5.74) is 0.356. The van der Waals surface area contributed by atoms with Crippen LogP contribution < -0.4 is 0 Å². The maximum Gasteiger partial charge on any atom is 0.303 e. The Morgan fingerprint density at radius 1 is 0.926 bits per heavy atom. The summed E-state index contributed by atoms with van der Waals surface area (Å²) in [5.74, 6) is 2.37. The molecule has 4 nitrogen and oxygen atoms in total. The van der Waals surface area contributed by atoms with Gasteiger partial charge in [-0.2, -0.15) is 0 Å². The minimum atomic E-state index is -0.183. The van der Waals surface area contributed by atoms with E-state index in [9.17, 15) is 9.59 Å². The Balaban J connectivity index is 1.55. The highest BCUT2D eigenvalue weighted by Gasteiger charge is 2.60. The Morgan fingerprint density at radius 2 is 1.67 bits per heavy atom. The highest BCUT2D eigenvalue weighted by Crippen LogP contribution is 2.65. The monoisotopic (exact) mass is 374 g/mol. The van der Waals surface area contributed by atoms with Crippen LogP contribution in [-0.2, 0) is 19.1 Å². The quantitative estimate of drug-likeness (QED) is 0.521. The number of rotatable bonds is 2.